The van der Waals surface area contributed by atoms with Crippen molar-refractivity contribution < 1.29 is 0 Å². The van der Waals surface area contributed by atoms with Gasteiger partial charge in [0, 0.05) is 17.6 Å². The molecule has 4 nitrogen and oxygen atoms in total. The second-order valence-electron chi connectivity index (χ2n) is 5.30. The lowest BCUT2D eigenvalue weighted by Gasteiger charge is -2.33. The van der Waals surface area contributed by atoms with Gasteiger partial charge in [0.2, 0.25) is 0 Å². The third-order valence-electron chi connectivity index (χ3n) is 4.20. The summed E-state index contributed by atoms with van der Waals surface area (Å²) < 4.78 is 0. The smallest absolute Gasteiger partial charge is 0.135 e. The lowest BCUT2D eigenvalue weighted by molar-refractivity contribution is 0.418. The highest BCUT2D eigenvalue weighted by Gasteiger charge is 2.25. The molecule has 0 unspecified atom stereocenters. The van der Waals surface area contributed by atoms with Crippen molar-refractivity contribution >= 4 is 11.6 Å². The predicted octanol–water partition coefficient (Wildman–Crippen LogP) is 4.24. The van der Waals surface area contributed by atoms with Crippen LogP contribution in [0.2, 0.25) is 0 Å². The standard InChI is InChI=1S/C16H30N4/c1-6-11-13-14(17-10-5)18-12-19-15(13)20-16(7-2,8-3)9-4/h12H,6-11H2,1-5H3,(H2,17,18,19,20). The van der Waals surface area contributed by atoms with Gasteiger partial charge >= 0.3 is 0 Å². The third kappa shape index (κ3) is 3.84. The summed E-state index contributed by atoms with van der Waals surface area (Å²) in [4.78, 5) is 8.90. The zero-order chi connectivity index (χ0) is 15.0. The minimum Gasteiger partial charge on any atom is -0.370 e. The topological polar surface area (TPSA) is 49.8 Å². The van der Waals surface area contributed by atoms with Crippen molar-refractivity contribution in [3.63, 3.8) is 0 Å². The molecule has 20 heavy (non-hydrogen) atoms. The SMILES string of the molecule is CCCc1c(NCC)ncnc1NC(CC)(CC)CC. The summed E-state index contributed by atoms with van der Waals surface area (Å²) in [5, 5.41) is 7.05. The molecule has 0 aliphatic heterocycles. The molecule has 1 rings (SSSR count). The highest BCUT2D eigenvalue weighted by molar-refractivity contribution is 5.58. The van der Waals surface area contributed by atoms with E-state index in [0.29, 0.717) is 0 Å². The summed E-state index contributed by atoms with van der Waals surface area (Å²) in [5.41, 5.74) is 1.36. The van der Waals surface area contributed by atoms with Crippen molar-refractivity contribution in [2.24, 2.45) is 0 Å². The van der Waals surface area contributed by atoms with Crippen LogP contribution in [0, 0.1) is 0 Å². The maximum absolute atomic E-state index is 4.51. The van der Waals surface area contributed by atoms with Crippen LogP contribution in [0.3, 0.4) is 0 Å². The Labute approximate surface area is 123 Å². The fraction of sp³-hybridized carbons (Fsp3) is 0.750. The van der Waals surface area contributed by atoms with Crippen LogP contribution < -0.4 is 10.6 Å². The monoisotopic (exact) mass is 278 g/mol. The Morgan fingerprint density at radius 1 is 0.950 bits per heavy atom. The lowest BCUT2D eigenvalue weighted by atomic mass is 9.89. The average Bonchev–Trinajstić information content (AvgIpc) is 2.48. The first-order valence-corrected chi connectivity index (χ1v) is 8.02. The van der Waals surface area contributed by atoms with E-state index in [1.807, 2.05) is 0 Å². The van der Waals surface area contributed by atoms with Crippen LogP contribution in [0.25, 0.3) is 0 Å². The van der Waals surface area contributed by atoms with Crippen molar-refractivity contribution in [1.29, 1.82) is 0 Å². The quantitative estimate of drug-likeness (QED) is 0.709. The van der Waals surface area contributed by atoms with Crippen LogP contribution in [-0.2, 0) is 6.42 Å². The van der Waals surface area contributed by atoms with Crippen molar-refractivity contribution in [3.05, 3.63) is 11.9 Å². The van der Waals surface area contributed by atoms with Crippen molar-refractivity contribution in [2.45, 2.75) is 72.3 Å². The normalized spacial score (nSPS) is 11.4. The zero-order valence-electron chi connectivity index (χ0n) is 13.7. The molecule has 0 atom stereocenters. The number of nitrogens with zero attached hydrogens (tertiary/aromatic N) is 2. The largest absolute Gasteiger partial charge is 0.370 e. The third-order valence-corrected chi connectivity index (χ3v) is 4.20. The van der Waals surface area contributed by atoms with Crippen LogP contribution in [0.4, 0.5) is 11.6 Å². The van der Waals surface area contributed by atoms with E-state index in [9.17, 15) is 0 Å². The van der Waals surface area contributed by atoms with Gasteiger partial charge in [0.25, 0.3) is 0 Å². The molecule has 0 aliphatic rings. The Kier molecular flexibility index (Phi) is 6.76. The number of nitrogens with one attached hydrogen (secondary N) is 2. The summed E-state index contributed by atoms with van der Waals surface area (Å²) in [6.45, 7) is 11.9. The molecule has 0 aromatic carbocycles. The summed E-state index contributed by atoms with van der Waals surface area (Å²) in [7, 11) is 0. The second kappa shape index (κ2) is 8.08. The van der Waals surface area contributed by atoms with Crippen LogP contribution in [-0.4, -0.2) is 22.1 Å². The molecule has 0 aliphatic carbocycles. The molecular formula is C16H30N4. The molecule has 2 N–H and O–H groups in total. The van der Waals surface area contributed by atoms with Crippen LogP contribution in [0.5, 0.6) is 0 Å². The Hall–Kier alpha value is -1.32. The molecule has 1 heterocycles. The lowest BCUT2D eigenvalue weighted by Crippen LogP contribution is -2.37. The Balaban J connectivity index is 3.12. The zero-order valence-corrected chi connectivity index (χ0v) is 13.7. The van der Waals surface area contributed by atoms with E-state index >= 15 is 0 Å². The van der Waals surface area contributed by atoms with Crippen LogP contribution in [0.15, 0.2) is 6.33 Å². The van der Waals surface area contributed by atoms with Gasteiger partial charge in [-0.05, 0) is 32.6 Å². The van der Waals surface area contributed by atoms with Crippen molar-refractivity contribution in [2.75, 3.05) is 17.2 Å². The Morgan fingerprint density at radius 3 is 2.05 bits per heavy atom. The van der Waals surface area contributed by atoms with Gasteiger partial charge in [-0.25, -0.2) is 9.97 Å². The number of aromatic nitrogens is 2. The predicted molar refractivity (Wildman–Crippen MR) is 87.4 cm³/mol. The molecule has 4 heteroatoms. The fourth-order valence-corrected chi connectivity index (χ4v) is 2.59. The van der Waals surface area contributed by atoms with Crippen LogP contribution >= 0.6 is 0 Å². The Morgan fingerprint density at radius 2 is 1.55 bits per heavy atom. The van der Waals surface area contributed by atoms with E-state index in [1.165, 1.54) is 5.56 Å². The molecule has 0 amide bonds. The number of anilines is 2. The van der Waals surface area contributed by atoms with Gasteiger partial charge in [-0.1, -0.05) is 34.1 Å². The van der Waals surface area contributed by atoms with E-state index in [4.69, 9.17) is 0 Å². The molecule has 114 valence electrons. The van der Waals surface area contributed by atoms with E-state index in [-0.39, 0.29) is 5.54 Å². The second-order valence-corrected chi connectivity index (χ2v) is 5.30. The highest BCUT2D eigenvalue weighted by Crippen LogP contribution is 2.29. The number of rotatable bonds is 9. The number of hydrogen-bond acceptors (Lipinski definition) is 4. The average molecular weight is 278 g/mol. The summed E-state index contributed by atoms with van der Waals surface area (Å²) >= 11 is 0. The van der Waals surface area contributed by atoms with Crippen LogP contribution in [0.1, 0.15) is 65.9 Å². The van der Waals surface area contributed by atoms with Gasteiger partial charge in [0.1, 0.15) is 18.0 Å². The molecule has 0 radical (unpaired) electrons. The minimum absolute atomic E-state index is 0.139. The van der Waals surface area contributed by atoms with Crippen molar-refractivity contribution in [3.8, 4) is 0 Å². The van der Waals surface area contributed by atoms with Gasteiger partial charge in [-0.2, -0.15) is 0 Å². The summed E-state index contributed by atoms with van der Waals surface area (Å²) in [6, 6.07) is 0. The van der Waals surface area contributed by atoms with E-state index < -0.39 is 0 Å². The highest BCUT2D eigenvalue weighted by atomic mass is 15.1. The van der Waals surface area contributed by atoms with E-state index in [0.717, 1.165) is 50.3 Å². The first-order valence-electron chi connectivity index (χ1n) is 8.02. The first kappa shape index (κ1) is 16.7. The fourth-order valence-electron chi connectivity index (χ4n) is 2.59. The van der Waals surface area contributed by atoms with Gasteiger partial charge in [-0.15, -0.1) is 0 Å². The van der Waals surface area contributed by atoms with Gasteiger partial charge in [-0.3, -0.25) is 0 Å². The van der Waals surface area contributed by atoms with Gasteiger partial charge < -0.3 is 10.6 Å². The molecule has 0 spiro atoms. The van der Waals surface area contributed by atoms with Gasteiger partial charge in [0.05, 0.1) is 0 Å². The summed E-state index contributed by atoms with van der Waals surface area (Å²) in [5.74, 6) is 1.98. The van der Waals surface area contributed by atoms with Gasteiger partial charge in [0.15, 0.2) is 0 Å². The molecular weight excluding hydrogens is 248 g/mol. The molecule has 0 saturated heterocycles. The molecule has 1 aromatic heterocycles. The minimum atomic E-state index is 0.139. The maximum atomic E-state index is 4.51. The maximum Gasteiger partial charge on any atom is 0.135 e. The first-order chi connectivity index (χ1) is 9.66. The van der Waals surface area contributed by atoms with Crippen molar-refractivity contribution in [1.82, 2.24) is 9.97 Å². The summed E-state index contributed by atoms with van der Waals surface area (Å²) in [6.07, 6.45) is 7.06. The molecule has 1 aromatic rings. The number of hydrogen-bond donors (Lipinski definition) is 2. The molecule has 0 saturated carbocycles. The molecule has 0 bridgehead atoms. The van der Waals surface area contributed by atoms with E-state index in [2.05, 4.69) is 55.2 Å². The molecule has 0 fully saturated rings. The Bertz CT molecular complexity index is 391. The van der Waals surface area contributed by atoms with E-state index in [1.54, 1.807) is 6.33 Å².